The summed E-state index contributed by atoms with van der Waals surface area (Å²) in [6.45, 7) is 3.32. The van der Waals surface area contributed by atoms with Gasteiger partial charge in [-0.15, -0.1) is 0 Å². The van der Waals surface area contributed by atoms with E-state index in [1.807, 2.05) is 18.2 Å². The highest BCUT2D eigenvalue weighted by atomic mass is 16.5. The summed E-state index contributed by atoms with van der Waals surface area (Å²) in [5, 5.41) is 1.08. The van der Waals surface area contributed by atoms with Gasteiger partial charge in [0.2, 0.25) is 0 Å². The van der Waals surface area contributed by atoms with Gasteiger partial charge >= 0.3 is 0 Å². The predicted octanol–water partition coefficient (Wildman–Crippen LogP) is 1.82. The molecule has 1 aromatic carbocycles. The first-order valence-electron chi connectivity index (χ1n) is 5.78. The number of morpholine rings is 1. The number of aromatic amines is 1. The van der Waals surface area contributed by atoms with Gasteiger partial charge in [0.25, 0.3) is 0 Å². The molecule has 3 rings (SSSR count). The van der Waals surface area contributed by atoms with Gasteiger partial charge in [0.15, 0.2) is 6.29 Å². The quantitative estimate of drug-likeness (QED) is 0.800. The first-order valence-corrected chi connectivity index (χ1v) is 5.78. The Morgan fingerprint density at radius 1 is 1.29 bits per heavy atom. The molecule has 0 spiro atoms. The Bertz CT molecular complexity index is 541. The molecule has 1 fully saturated rings. The van der Waals surface area contributed by atoms with Crippen LogP contribution in [-0.4, -0.2) is 37.6 Å². The Labute approximate surface area is 99.2 Å². The molecule has 1 N–H and O–H groups in total. The third kappa shape index (κ3) is 1.80. The first-order chi connectivity index (χ1) is 8.38. The second-order valence-electron chi connectivity index (χ2n) is 4.18. The standard InChI is InChI=1S/C13H14N2O2/c16-9-11-8-10-2-1-3-12(13(10)14-11)15-4-6-17-7-5-15/h1-3,8-9,14H,4-7H2. The van der Waals surface area contributed by atoms with Gasteiger partial charge in [-0.25, -0.2) is 0 Å². The molecule has 2 heterocycles. The third-order valence-electron chi connectivity index (χ3n) is 3.13. The summed E-state index contributed by atoms with van der Waals surface area (Å²) < 4.78 is 5.35. The van der Waals surface area contributed by atoms with Gasteiger partial charge in [-0.2, -0.15) is 0 Å². The number of aldehydes is 1. The van der Waals surface area contributed by atoms with Crippen molar-refractivity contribution in [2.45, 2.75) is 0 Å². The molecule has 17 heavy (non-hydrogen) atoms. The third-order valence-corrected chi connectivity index (χ3v) is 3.13. The number of nitrogens with zero attached hydrogens (tertiary/aromatic N) is 1. The Hall–Kier alpha value is -1.81. The molecule has 0 bridgehead atoms. The van der Waals surface area contributed by atoms with E-state index in [0.29, 0.717) is 5.69 Å². The van der Waals surface area contributed by atoms with E-state index in [4.69, 9.17) is 4.74 Å². The lowest BCUT2D eigenvalue weighted by molar-refractivity contribution is 0.111. The summed E-state index contributed by atoms with van der Waals surface area (Å²) >= 11 is 0. The number of rotatable bonds is 2. The van der Waals surface area contributed by atoms with Gasteiger partial charge in [0.05, 0.1) is 30.1 Å². The molecule has 0 aliphatic carbocycles. The van der Waals surface area contributed by atoms with Gasteiger partial charge < -0.3 is 14.6 Å². The normalized spacial score (nSPS) is 16.4. The highest BCUT2D eigenvalue weighted by molar-refractivity contribution is 5.95. The fraction of sp³-hybridized carbons (Fsp3) is 0.308. The Balaban J connectivity index is 2.08. The number of para-hydroxylation sites is 1. The molecule has 0 radical (unpaired) electrons. The molecule has 4 nitrogen and oxygen atoms in total. The highest BCUT2D eigenvalue weighted by Crippen LogP contribution is 2.27. The molecule has 0 unspecified atom stereocenters. The van der Waals surface area contributed by atoms with E-state index in [2.05, 4.69) is 16.0 Å². The molecule has 1 aromatic heterocycles. The minimum absolute atomic E-state index is 0.626. The largest absolute Gasteiger partial charge is 0.378 e. The highest BCUT2D eigenvalue weighted by Gasteiger charge is 2.14. The number of carbonyl (C=O) groups is 1. The number of nitrogens with one attached hydrogen (secondary N) is 1. The summed E-state index contributed by atoms with van der Waals surface area (Å²) in [6, 6.07) is 8.00. The van der Waals surface area contributed by atoms with Crippen LogP contribution < -0.4 is 4.90 Å². The minimum Gasteiger partial charge on any atom is -0.378 e. The van der Waals surface area contributed by atoms with Crippen molar-refractivity contribution < 1.29 is 9.53 Å². The summed E-state index contributed by atoms with van der Waals surface area (Å²) in [7, 11) is 0. The molecular formula is C13H14N2O2. The van der Waals surface area contributed by atoms with Crippen LogP contribution in [0.4, 0.5) is 5.69 Å². The van der Waals surface area contributed by atoms with Gasteiger partial charge in [-0.3, -0.25) is 4.79 Å². The van der Waals surface area contributed by atoms with Crippen molar-refractivity contribution in [2.75, 3.05) is 31.2 Å². The smallest absolute Gasteiger partial charge is 0.166 e. The van der Waals surface area contributed by atoms with Crippen LogP contribution in [0.25, 0.3) is 10.9 Å². The topological polar surface area (TPSA) is 45.3 Å². The van der Waals surface area contributed by atoms with Gasteiger partial charge in [-0.1, -0.05) is 12.1 Å². The summed E-state index contributed by atoms with van der Waals surface area (Å²) in [5.74, 6) is 0. The predicted molar refractivity (Wildman–Crippen MR) is 66.7 cm³/mol. The van der Waals surface area contributed by atoms with E-state index in [0.717, 1.165) is 49.2 Å². The van der Waals surface area contributed by atoms with Gasteiger partial charge in [0.1, 0.15) is 0 Å². The second-order valence-corrected chi connectivity index (χ2v) is 4.18. The number of anilines is 1. The van der Waals surface area contributed by atoms with E-state index in [1.54, 1.807) is 0 Å². The Kier molecular flexibility index (Phi) is 2.57. The zero-order chi connectivity index (χ0) is 11.7. The summed E-state index contributed by atoms with van der Waals surface area (Å²) in [6.07, 6.45) is 0.850. The maximum atomic E-state index is 10.8. The second kappa shape index (κ2) is 4.22. The molecule has 88 valence electrons. The number of carbonyl (C=O) groups excluding carboxylic acids is 1. The molecule has 0 amide bonds. The average Bonchev–Trinajstić information content (AvgIpc) is 2.82. The minimum atomic E-state index is 0.626. The molecular weight excluding hydrogens is 216 g/mol. The molecule has 1 aliphatic rings. The van der Waals surface area contributed by atoms with Crippen molar-refractivity contribution in [1.82, 2.24) is 4.98 Å². The van der Waals surface area contributed by atoms with Crippen molar-refractivity contribution in [3.8, 4) is 0 Å². The molecule has 2 aromatic rings. The monoisotopic (exact) mass is 230 g/mol. The number of hydrogen-bond acceptors (Lipinski definition) is 3. The van der Waals surface area contributed by atoms with E-state index in [1.165, 1.54) is 0 Å². The molecule has 1 aliphatic heterocycles. The zero-order valence-electron chi connectivity index (χ0n) is 9.48. The van der Waals surface area contributed by atoms with E-state index >= 15 is 0 Å². The number of benzene rings is 1. The van der Waals surface area contributed by atoms with Gasteiger partial charge in [0, 0.05) is 18.5 Å². The fourth-order valence-corrected chi connectivity index (χ4v) is 2.29. The number of aromatic nitrogens is 1. The summed E-state index contributed by atoms with van der Waals surface area (Å²) in [5.41, 5.74) is 2.82. The van der Waals surface area contributed by atoms with Crippen molar-refractivity contribution in [3.63, 3.8) is 0 Å². The van der Waals surface area contributed by atoms with Crippen molar-refractivity contribution >= 4 is 22.9 Å². The number of fused-ring (bicyclic) bond motifs is 1. The molecule has 4 heteroatoms. The lowest BCUT2D eigenvalue weighted by Gasteiger charge is -2.29. The zero-order valence-corrected chi connectivity index (χ0v) is 9.48. The van der Waals surface area contributed by atoms with Crippen molar-refractivity contribution in [3.05, 3.63) is 30.0 Å². The van der Waals surface area contributed by atoms with Crippen molar-refractivity contribution in [2.24, 2.45) is 0 Å². The van der Waals surface area contributed by atoms with E-state index < -0.39 is 0 Å². The van der Waals surface area contributed by atoms with Crippen LogP contribution in [0.15, 0.2) is 24.3 Å². The van der Waals surface area contributed by atoms with Crippen LogP contribution >= 0.6 is 0 Å². The SMILES string of the molecule is O=Cc1cc2cccc(N3CCOCC3)c2[nH]1. The van der Waals surface area contributed by atoms with Crippen LogP contribution in [0.3, 0.4) is 0 Å². The van der Waals surface area contributed by atoms with Crippen molar-refractivity contribution in [1.29, 1.82) is 0 Å². The number of hydrogen-bond donors (Lipinski definition) is 1. The lowest BCUT2D eigenvalue weighted by Crippen LogP contribution is -2.36. The van der Waals surface area contributed by atoms with Crippen LogP contribution in [0.1, 0.15) is 10.5 Å². The molecule has 0 atom stereocenters. The Morgan fingerprint density at radius 3 is 2.88 bits per heavy atom. The maximum Gasteiger partial charge on any atom is 0.166 e. The van der Waals surface area contributed by atoms with Crippen LogP contribution in [0, 0.1) is 0 Å². The van der Waals surface area contributed by atoms with E-state index in [9.17, 15) is 4.79 Å². The van der Waals surface area contributed by atoms with E-state index in [-0.39, 0.29) is 0 Å². The maximum absolute atomic E-state index is 10.8. The lowest BCUT2D eigenvalue weighted by atomic mass is 10.2. The summed E-state index contributed by atoms with van der Waals surface area (Å²) in [4.78, 5) is 16.2. The first kappa shape index (κ1) is 10.4. The molecule has 0 saturated carbocycles. The fourth-order valence-electron chi connectivity index (χ4n) is 2.29. The average molecular weight is 230 g/mol. The van der Waals surface area contributed by atoms with Crippen LogP contribution in [-0.2, 0) is 4.74 Å². The molecule has 1 saturated heterocycles. The number of ether oxygens (including phenoxy) is 1. The van der Waals surface area contributed by atoms with Crippen LogP contribution in [0.2, 0.25) is 0 Å². The number of H-pyrrole nitrogens is 1. The van der Waals surface area contributed by atoms with Gasteiger partial charge in [-0.05, 0) is 12.1 Å². The van der Waals surface area contributed by atoms with Crippen LogP contribution in [0.5, 0.6) is 0 Å². The Morgan fingerprint density at radius 2 is 2.12 bits per heavy atom.